The largest absolute Gasteiger partial charge is 0.398 e. The van der Waals surface area contributed by atoms with Crippen LogP contribution in [0, 0.1) is 12.8 Å². The Hall–Kier alpha value is -1.55. The monoisotopic (exact) mass is 276 g/mol. The maximum atomic E-state index is 11.9. The Kier molecular flexibility index (Phi) is 5.01. The van der Waals surface area contributed by atoms with Crippen molar-refractivity contribution in [2.24, 2.45) is 5.92 Å². The van der Waals surface area contributed by atoms with Crippen LogP contribution in [0.3, 0.4) is 0 Å². The van der Waals surface area contributed by atoms with Crippen LogP contribution in [0.15, 0.2) is 18.2 Å². The van der Waals surface area contributed by atoms with Gasteiger partial charge in [0.25, 0.3) is 0 Å². The molecule has 0 aliphatic heterocycles. The molecule has 1 aliphatic carbocycles. The molecule has 1 aromatic rings. The van der Waals surface area contributed by atoms with Crippen molar-refractivity contribution in [1.82, 2.24) is 0 Å². The average molecular weight is 276 g/mol. The number of hydrogen-bond acceptors (Lipinski definition) is 3. The summed E-state index contributed by atoms with van der Waals surface area (Å²) < 4.78 is 5.74. The van der Waals surface area contributed by atoms with Gasteiger partial charge in [-0.2, -0.15) is 0 Å². The molecule has 2 rings (SSSR count). The van der Waals surface area contributed by atoms with E-state index in [9.17, 15) is 4.79 Å². The summed E-state index contributed by atoms with van der Waals surface area (Å²) in [6, 6.07) is 5.53. The zero-order chi connectivity index (χ0) is 14.5. The van der Waals surface area contributed by atoms with E-state index in [1.807, 2.05) is 19.1 Å². The topological polar surface area (TPSA) is 64.3 Å². The number of nitrogens with two attached hydrogens (primary N) is 1. The number of nitrogens with one attached hydrogen (secondary N) is 1. The summed E-state index contributed by atoms with van der Waals surface area (Å²) in [5.74, 6) is 0.428. The molecule has 1 amide bonds. The summed E-state index contributed by atoms with van der Waals surface area (Å²) in [6.07, 6.45) is 4.95. The standard InChI is InChI=1S/C16H24N2O2/c1-11-7-8-13(9-14(11)17)18-16(19)10-20-15-6-4-3-5-12(15)2/h7-9,12,15H,3-6,10,17H2,1-2H3,(H,18,19). The molecule has 0 saturated heterocycles. The summed E-state index contributed by atoms with van der Waals surface area (Å²) in [6.45, 7) is 4.25. The molecule has 110 valence electrons. The van der Waals surface area contributed by atoms with E-state index in [2.05, 4.69) is 12.2 Å². The zero-order valence-electron chi connectivity index (χ0n) is 12.3. The van der Waals surface area contributed by atoms with E-state index in [0.29, 0.717) is 11.6 Å². The van der Waals surface area contributed by atoms with Gasteiger partial charge in [-0.1, -0.05) is 25.8 Å². The number of nitrogen functional groups attached to an aromatic ring is 1. The van der Waals surface area contributed by atoms with E-state index < -0.39 is 0 Å². The van der Waals surface area contributed by atoms with Crippen LogP contribution < -0.4 is 11.1 Å². The van der Waals surface area contributed by atoms with Crippen molar-refractivity contribution in [2.45, 2.75) is 45.6 Å². The Morgan fingerprint density at radius 1 is 1.40 bits per heavy atom. The Morgan fingerprint density at radius 3 is 2.85 bits per heavy atom. The van der Waals surface area contributed by atoms with Crippen LogP contribution in [0.5, 0.6) is 0 Å². The molecule has 1 saturated carbocycles. The van der Waals surface area contributed by atoms with Gasteiger partial charge in [0.05, 0.1) is 6.10 Å². The Bertz CT molecular complexity index is 474. The van der Waals surface area contributed by atoms with Crippen LogP contribution >= 0.6 is 0 Å². The second kappa shape index (κ2) is 6.75. The quantitative estimate of drug-likeness (QED) is 0.830. The van der Waals surface area contributed by atoms with Gasteiger partial charge in [-0.05, 0) is 43.4 Å². The molecule has 2 atom stereocenters. The maximum Gasteiger partial charge on any atom is 0.250 e. The summed E-state index contributed by atoms with van der Waals surface area (Å²) in [4.78, 5) is 11.9. The van der Waals surface area contributed by atoms with Crippen LogP contribution in [-0.4, -0.2) is 18.6 Å². The Labute approximate surface area is 120 Å². The number of ether oxygens (including phenoxy) is 1. The van der Waals surface area contributed by atoms with E-state index in [1.165, 1.54) is 19.3 Å². The highest BCUT2D eigenvalue weighted by atomic mass is 16.5. The molecule has 0 bridgehead atoms. The SMILES string of the molecule is Cc1ccc(NC(=O)COC2CCCCC2C)cc1N. The van der Waals surface area contributed by atoms with E-state index >= 15 is 0 Å². The summed E-state index contributed by atoms with van der Waals surface area (Å²) in [5, 5.41) is 2.82. The fraction of sp³-hybridized carbons (Fsp3) is 0.562. The minimum atomic E-state index is -0.119. The fourth-order valence-corrected chi connectivity index (χ4v) is 2.63. The molecule has 0 heterocycles. The van der Waals surface area contributed by atoms with Gasteiger partial charge in [0.15, 0.2) is 0 Å². The summed E-state index contributed by atoms with van der Waals surface area (Å²) >= 11 is 0. The summed E-state index contributed by atoms with van der Waals surface area (Å²) in [7, 11) is 0. The van der Waals surface area contributed by atoms with Gasteiger partial charge in [0.2, 0.25) is 5.91 Å². The number of aryl methyl sites for hydroxylation is 1. The lowest BCUT2D eigenvalue weighted by molar-refractivity contribution is -0.124. The van der Waals surface area contributed by atoms with E-state index in [-0.39, 0.29) is 18.6 Å². The minimum absolute atomic E-state index is 0.114. The van der Waals surface area contributed by atoms with Gasteiger partial charge in [-0.3, -0.25) is 4.79 Å². The van der Waals surface area contributed by atoms with E-state index in [0.717, 1.165) is 17.7 Å². The number of carbonyl (C=O) groups excluding carboxylic acids is 1. The van der Waals surface area contributed by atoms with Crippen molar-refractivity contribution in [3.05, 3.63) is 23.8 Å². The first-order chi connectivity index (χ1) is 9.56. The normalized spacial score (nSPS) is 22.5. The van der Waals surface area contributed by atoms with Crippen LogP contribution in [0.2, 0.25) is 0 Å². The molecule has 1 fully saturated rings. The molecule has 20 heavy (non-hydrogen) atoms. The second-order valence-corrected chi connectivity index (χ2v) is 5.73. The number of amides is 1. The van der Waals surface area contributed by atoms with Gasteiger partial charge >= 0.3 is 0 Å². The summed E-state index contributed by atoms with van der Waals surface area (Å²) in [5.41, 5.74) is 8.24. The highest BCUT2D eigenvalue weighted by Gasteiger charge is 2.22. The molecular formula is C16H24N2O2. The number of hydrogen-bond donors (Lipinski definition) is 2. The van der Waals surface area contributed by atoms with Crippen molar-refractivity contribution in [3.63, 3.8) is 0 Å². The van der Waals surface area contributed by atoms with Crippen LogP contribution in [0.4, 0.5) is 11.4 Å². The van der Waals surface area contributed by atoms with Crippen molar-refractivity contribution in [3.8, 4) is 0 Å². The fourth-order valence-electron chi connectivity index (χ4n) is 2.63. The molecule has 1 aromatic carbocycles. The third-order valence-electron chi connectivity index (χ3n) is 4.02. The maximum absolute atomic E-state index is 11.9. The molecule has 1 aliphatic rings. The highest BCUT2D eigenvalue weighted by molar-refractivity contribution is 5.92. The molecule has 2 unspecified atom stereocenters. The van der Waals surface area contributed by atoms with E-state index in [1.54, 1.807) is 6.07 Å². The lowest BCUT2D eigenvalue weighted by Gasteiger charge is -2.28. The van der Waals surface area contributed by atoms with Gasteiger partial charge in [0.1, 0.15) is 6.61 Å². The lowest BCUT2D eigenvalue weighted by Crippen LogP contribution is -2.29. The first-order valence-corrected chi connectivity index (χ1v) is 7.34. The number of benzene rings is 1. The third-order valence-corrected chi connectivity index (χ3v) is 4.02. The predicted octanol–water partition coefficient (Wildman–Crippen LogP) is 3.11. The van der Waals surface area contributed by atoms with Gasteiger partial charge in [-0.15, -0.1) is 0 Å². The van der Waals surface area contributed by atoms with Crippen LogP contribution in [0.25, 0.3) is 0 Å². The van der Waals surface area contributed by atoms with Crippen molar-refractivity contribution in [1.29, 1.82) is 0 Å². The predicted molar refractivity (Wildman–Crippen MR) is 81.6 cm³/mol. The van der Waals surface area contributed by atoms with Crippen LogP contribution in [-0.2, 0) is 9.53 Å². The number of carbonyl (C=O) groups is 1. The molecule has 4 heteroatoms. The third kappa shape index (κ3) is 3.97. The first-order valence-electron chi connectivity index (χ1n) is 7.34. The van der Waals surface area contributed by atoms with E-state index in [4.69, 9.17) is 10.5 Å². The lowest BCUT2D eigenvalue weighted by atomic mass is 9.88. The van der Waals surface area contributed by atoms with Crippen molar-refractivity contribution >= 4 is 17.3 Å². The number of anilines is 2. The van der Waals surface area contributed by atoms with Crippen molar-refractivity contribution < 1.29 is 9.53 Å². The molecule has 3 N–H and O–H groups in total. The zero-order valence-corrected chi connectivity index (χ0v) is 12.3. The first kappa shape index (κ1) is 14.9. The second-order valence-electron chi connectivity index (χ2n) is 5.73. The molecule has 0 radical (unpaired) electrons. The van der Waals surface area contributed by atoms with Gasteiger partial charge in [0, 0.05) is 11.4 Å². The highest BCUT2D eigenvalue weighted by Crippen LogP contribution is 2.26. The number of rotatable bonds is 4. The molecule has 4 nitrogen and oxygen atoms in total. The minimum Gasteiger partial charge on any atom is -0.398 e. The van der Waals surface area contributed by atoms with Gasteiger partial charge < -0.3 is 15.8 Å². The van der Waals surface area contributed by atoms with Crippen LogP contribution in [0.1, 0.15) is 38.2 Å². The Morgan fingerprint density at radius 2 is 2.15 bits per heavy atom. The molecule has 0 spiro atoms. The van der Waals surface area contributed by atoms with Crippen molar-refractivity contribution in [2.75, 3.05) is 17.7 Å². The molecular weight excluding hydrogens is 252 g/mol. The molecule has 0 aromatic heterocycles. The van der Waals surface area contributed by atoms with Gasteiger partial charge in [-0.25, -0.2) is 0 Å². The Balaban J connectivity index is 1.81. The average Bonchev–Trinajstić information content (AvgIpc) is 2.42. The smallest absolute Gasteiger partial charge is 0.250 e.